The SMILES string of the molecule is CC1CSSCC(C)S1. The molecule has 0 aromatic carbocycles. The van der Waals surface area contributed by atoms with Gasteiger partial charge in [0, 0.05) is 22.0 Å². The average Bonchev–Trinajstić information content (AvgIpc) is 1.93. The maximum Gasteiger partial charge on any atom is 0.0154 e. The van der Waals surface area contributed by atoms with Crippen molar-refractivity contribution in [3.05, 3.63) is 0 Å². The zero-order chi connectivity index (χ0) is 6.69. The normalized spacial score (nSPS) is 38.0. The summed E-state index contributed by atoms with van der Waals surface area (Å²) in [6, 6.07) is 0. The van der Waals surface area contributed by atoms with E-state index >= 15 is 0 Å². The number of hydrogen-bond donors (Lipinski definition) is 0. The molecular formula is C6H12S3. The van der Waals surface area contributed by atoms with Crippen LogP contribution in [0.15, 0.2) is 0 Å². The highest BCUT2D eigenvalue weighted by atomic mass is 33.1. The summed E-state index contributed by atoms with van der Waals surface area (Å²) in [6.07, 6.45) is 0. The third-order valence-electron chi connectivity index (χ3n) is 1.15. The summed E-state index contributed by atoms with van der Waals surface area (Å²) in [7, 11) is 4.05. The van der Waals surface area contributed by atoms with Crippen LogP contribution in [0.4, 0.5) is 0 Å². The summed E-state index contributed by atoms with van der Waals surface area (Å²) in [5.41, 5.74) is 0. The van der Waals surface area contributed by atoms with E-state index in [9.17, 15) is 0 Å². The molecule has 0 radical (unpaired) electrons. The first-order valence-electron chi connectivity index (χ1n) is 3.19. The second-order valence-electron chi connectivity index (χ2n) is 2.33. The fourth-order valence-electron chi connectivity index (χ4n) is 0.763. The molecule has 0 saturated carbocycles. The van der Waals surface area contributed by atoms with Crippen LogP contribution in [-0.4, -0.2) is 22.0 Å². The smallest absolute Gasteiger partial charge is 0.0154 e. The Kier molecular flexibility index (Phi) is 3.66. The quantitative estimate of drug-likeness (QED) is 0.526. The van der Waals surface area contributed by atoms with E-state index < -0.39 is 0 Å². The molecule has 0 N–H and O–H groups in total. The molecule has 2 unspecified atom stereocenters. The molecule has 54 valence electrons. The first kappa shape index (κ1) is 8.15. The maximum absolute atomic E-state index is 2.32. The highest BCUT2D eigenvalue weighted by Crippen LogP contribution is 2.35. The minimum Gasteiger partial charge on any atom is -0.154 e. The molecule has 0 aromatic heterocycles. The molecular weight excluding hydrogens is 168 g/mol. The zero-order valence-corrected chi connectivity index (χ0v) is 8.24. The van der Waals surface area contributed by atoms with Gasteiger partial charge in [0.15, 0.2) is 0 Å². The van der Waals surface area contributed by atoms with Crippen molar-refractivity contribution in [3.8, 4) is 0 Å². The second kappa shape index (κ2) is 4.04. The van der Waals surface area contributed by atoms with Crippen LogP contribution in [0.5, 0.6) is 0 Å². The Balaban J connectivity index is 2.29. The van der Waals surface area contributed by atoms with Crippen LogP contribution in [-0.2, 0) is 0 Å². The van der Waals surface area contributed by atoms with Crippen molar-refractivity contribution in [2.45, 2.75) is 24.3 Å². The van der Waals surface area contributed by atoms with E-state index in [1.807, 2.05) is 21.6 Å². The summed E-state index contributed by atoms with van der Waals surface area (Å²) in [5.74, 6) is 2.64. The largest absolute Gasteiger partial charge is 0.154 e. The molecule has 9 heavy (non-hydrogen) atoms. The van der Waals surface area contributed by atoms with Crippen LogP contribution < -0.4 is 0 Å². The first-order chi connectivity index (χ1) is 4.29. The Hall–Kier alpha value is 1.05. The topological polar surface area (TPSA) is 0 Å². The Morgan fingerprint density at radius 3 is 1.89 bits per heavy atom. The van der Waals surface area contributed by atoms with Gasteiger partial charge in [-0.3, -0.25) is 0 Å². The Morgan fingerprint density at radius 1 is 1.00 bits per heavy atom. The molecule has 1 aliphatic heterocycles. The van der Waals surface area contributed by atoms with Crippen LogP contribution in [0.25, 0.3) is 0 Å². The summed E-state index contributed by atoms with van der Waals surface area (Å²) in [6.45, 7) is 4.64. The van der Waals surface area contributed by atoms with Crippen LogP contribution in [0.2, 0.25) is 0 Å². The van der Waals surface area contributed by atoms with Gasteiger partial charge < -0.3 is 0 Å². The number of hydrogen-bond acceptors (Lipinski definition) is 3. The van der Waals surface area contributed by atoms with E-state index in [0.717, 1.165) is 10.5 Å². The molecule has 3 heteroatoms. The predicted octanol–water partition coefficient (Wildman–Crippen LogP) is 2.89. The molecule has 1 saturated heterocycles. The summed E-state index contributed by atoms with van der Waals surface area (Å²) in [5, 5.41) is 1.72. The van der Waals surface area contributed by atoms with Crippen LogP contribution in [0, 0.1) is 0 Å². The van der Waals surface area contributed by atoms with Crippen molar-refractivity contribution in [1.82, 2.24) is 0 Å². The van der Waals surface area contributed by atoms with E-state index in [2.05, 4.69) is 25.6 Å². The molecule has 0 aromatic rings. The van der Waals surface area contributed by atoms with E-state index in [4.69, 9.17) is 0 Å². The lowest BCUT2D eigenvalue weighted by Crippen LogP contribution is -2.04. The molecule has 0 aliphatic carbocycles. The first-order valence-corrected chi connectivity index (χ1v) is 6.62. The predicted molar refractivity (Wildman–Crippen MR) is 51.4 cm³/mol. The standard InChI is InChI=1S/C6H12S3/c1-5-3-7-8-4-6(2)9-5/h5-6H,3-4H2,1-2H3. The molecule has 1 rings (SSSR count). The van der Waals surface area contributed by atoms with Crippen molar-refractivity contribution in [2.75, 3.05) is 11.5 Å². The van der Waals surface area contributed by atoms with Crippen molar-refractivity contribution < 1.29 is 0 Å². The van der Waals surface area contributed by atoms with E-state index in [-0.39, 0.29) is 0 Å². The molecule has 2 atom stereocenters. The number of rotatable bonds is 0. The molecule has 1 fully saturated rings. The minimum atomic E-state index is 0.861. The highest BCUT2D eigenvalue weighted by Gasteiger charge is 2.13. The van der Waals surface area contributed by atoms with Crippen LogP contribution >= 0.6 is 33.3 Å². The van der Waals surface area contributed by atoms with Crippen molar-refractivity contribution in [2.24, 2.45) is 0 Å². The fourth-order valence-corrected chi connectivity index (χ4v) is 5.49. The van der Waals surface area contributed by atoms with Gasteiger partial charge in [-0.2, -0.15) is 11.8 Å². The number of thioether (sulfide) groups is 1. The molecule has 0 nitrogen and oxygen atoms in total. The third-order valence-corrected chi connectivity index (χ3v) is 5.59. The van der Waals surface area contributed by atoms with Crippen molar-refractivity contribution in [3.63, 3.8) is 0 Å². The van der Waals surface area contributed by atoms with Gasteiger partial charge in [-0.1, -0.05) is 35.4 Å². The fraction of sp³-hybridized carbons (Fsp3) is 1.00. The van der Waals surface area contributed by atoms with Gasteiger partial charge in [0.25, 0.3) is 0 Å². The molecule has 0 amide bonds. The molecule has 0 bridgehead atoms. The molecule has 0 spiro atoms. The third kappa shape index (κ3) is 3.10. The lowest BCUT2D eigenvalue weighted by Gasteiger charge is -2.08. The maximum atomic E-state index is 2.32. The lowest BCUT2D eigenvalue weighted by atomic mass is 10.5. The van der Waals surface area contributed by atoms with Gasteiger partial charge in [-0.05, 0) is 0 Å². The van der Waals surface area contributed by atoms with Crippen molar-refractivity contribution in [1.29, 1.82) is 0 Å². The highest BCUT2D eigenvalue weighted by molar-refractivity contribution is 8.77. The van der Waals surface area contributed by atoms with Gasteiger partial charge in [-0.25, -0.2) is 0 Å². The van der Waals surface area contributed by atoms with Gasteiger partial charge >= 0.3 is 0 Å². The van der Waals surface area contributed by atoms with E-state index in [1.54, 1.807) is 0 Å². The average molecular weight is 180 g/mol. The van der Waals surface area contributed by atoms with Gasteiger partial charge in [0.1, 0.15) is 0 Å². The summed E-state index contributed by atoms with van der Waals surface area (Å²) in [4.78, 5) is 0. The van der Waals surface area contributed by atoms with Gasteiger partial charge in [-0.15, -0.1) is 0 Å². The summed E-state index contributed by atoms with van der Waals surface area (Å²) < 4.78 is 0. The second-order valence-corrected chi connectivity index (χ2v) is 6.76. The van der Waals surface area contributed by atoms with E-state index in [0.29, 0.717) is 0 Å². The van der Waals surface area contributed by atoms with Gasteiger partial charge in [0.2, 0.25) is 0 Å². The minimum absolute atomic E-state index is 0.861. The Labute approximate surface area is 69.3 Å². The van der Waals surface area contributed by atoms with Crippen LogP contribution in [0.1, 0.15) is 13.8 Å². The molecule has 1 aliphatic rings. The monoisotopic (exact) mass is 180 g/mol. The van der Waals surface area contributed by atoms with Crippen molar-refractivity contribution >= 4 is 33.3 Å². The van der Waals surface area contributed by atoms with E-state index in [1.165, 1.54) is 11.5 Å². The molecule has 1 heterocycles. The Morgan fingerprint density at radius 2 is 1.44 bits per heavy atom. The lowest BCUT2D eigenvalue weighted by molar-refractivity contribution is 1.08. The van der Waals surface area contributed by atoms with Crippen LogP contribution in [0.3, 0.4) is 0 Å². The Bertz CT molecular complexity index is 74.4. The van der Waals surface area contributed by atoms with Gasteiger partial charge in [0.05, 0.1) is 0 Å². The zero-order valence-electron chi connectivity index (χ0n) is 5.79. The summed E-state index contributed by atoms with van der Waals surface area (Å²) >= 11 is 2.12.